The smallest absolute Gasteiger partial charge is 0.0200 e. The first-order valence-corrected chi connectivity index (χ1v) is 20.2. The Kier molecular flexibility index (Phi) is 12.1. The normalized spacial score (nSPS) is 36.9. The summed E-state index contributed by atoms with van der Waals surface area (Å²) in [6, 6.07) is 0. The van der Waals surface area contributed by atoms with Gasteiger partial charge in [-0.25, -0.2) is 0 Å². The summed E-state index contributed by atoms with van der Waals surface area (Å²) >= 11 is 0. The Hall–Kier alpha value is -0.520. The lowest BCUT2D eigenvalue weighted by Gasteiger charge is -2.39. The van der Waals surface area contributed by atoms with Crippen LogP contribution in [0.1, 0.15) is 187 Å². The Morgan fingerprint density at radius 3 is 1.05 bits per heavy atom. The molecule has 6 aliphatic carbocycles. The Labute approximate surface area is 262 Å². The molecular formula is C42H70. The molecule has 0 atom stereocenters. The average molecular weight is 575 g/mol. The Morgan fingerprint density at radius 1 is 0.381 bits per heavy atom. The van der Waals surface area contributed by atoms with Gasteiger partial charge < -0.3 is 0 Å². The zero-order valence-electron chi connectivity index (χ0n) is 28.1. The highest BCUT2D eigenvalue weighted by Crippen LogP contribution is 2.47. The van der Waals surface area contributed by atoms with E-state index in [4.69, 9.17) is 0 Å². The zero-order chi connectivity index (χ0) is 28.6. The van der Waals surface area contributed by atoms with Crippen LogP contribution in [0.2, 0.25) is 0 Å². The van der Waals surface area contributed by atoms with Crippen molar-refractivity contribution in [1.82, 2.24) is 0 Å². The Bertz CT molecular complexity index is 799. The summed E-state index contributed by atoms with van der Waals surface area (Å²) < 4.78 is 0. The Balaban J connectivity index is 1.02. The molecule has 6 rings (SSSR count). The first kappa shape index (κ1) is 31.5. The van der Waals surface area contributed by atoms with Crippen LogP contribution in [0.5, 0.6) is 0 Å². The quantitative estimate of drug-likeness (QED) is 0.253. The van der Waals surface area contributed by atoms with Crippen molar-refractivity contribution in [3.05, 3.63) is 23.3 Å². The summed E-state index contributed by atoms with van der Waals surface area (Å²) in [5.41, 5.74) is 3.98. The number of hydrogen-bond donors (Lipinski definition) is 0. The summed E-state index contributed by atoms with van der Waals surface area (Å²) in [4.78, 5) is 0. The van der Waals surface area contributed by atoms with Crippen LogP contribution in [0.15, 0.2) is 23.3 Å². The maximum absolute atomic E-state index is 2.95. The van der Waals surface area contributed by atoms with Gasteiger partial charge in [0.1, 0.15) is 0 Å². The molecule has 0 aromatic carbocycles. The standard InChI is InChI=1S/C42H70/c1-2-32-18-28-40(29-19-32)42(39-16-10-5-11-17-39)31-34-22-26-36(27-23-34)35-24-20-33(21-25-35)30-41(37-12-6-3-7-13-37)38-14-8-4-9-15-38/h30-40H,2-29H2,1H3. The summed E-state index contributed by atoms with van der Waals surface area (Å²) in [6.45, 7) is 2.43. The highest BCUT2D eigenvalue weighted by molar-refractivity contribution is 5.16. The van der Waals surface area contributed by atoms with E-state index in [2.05, 4.69) is 19.1 Å². The van der Waals surface area contributed by atoms with Gasteiger partial charge in [0.15, 0.2) is 0 Å². The maximum atomic E-state index is 2.95. The van der Waals surface area contributed by atoms with Crippen molar-refractivity contribution in [2.45, 2.75) is 187 Å². The predicted octanol–water partition coefficient (Wildman–Crippen LogP) is 13.4. The predicted molar refractivity (Wildman–Crippen MR) is 183 cm³/mol. The first-order valence-electron chi connectivity index (χ1n) is 20.2. The van der Waals surface area contributed by atoms with Crippen LogP contribution in [-0.4, -0.2) is 0 Å². The summed E-state index contributed by atoms with van der Waals surface area (Å²) in [6.07, 6.45) is 48.1. The third-order valence-corrected chi connectivity index (χ3v) is 14.3. The molecular weight excluding hydrogens is 504 g/mol. The van der Waals surface area contributed by atoms with Gasteiger partial charge in [0.2, 0.25) is 0 Å². The Morgan fingerprint density at radius 2 is 0.714 bits per heavy atom. The second kappa shape index (κ2) is 16.2. The van der Waals surface area contributed by atoms with Gasteiger partial charge in [-0.1, -0.05) is 94.4 Å². The van der Waals surface area contributed by atoms with Gasteiger partial charge in [-0.15, -0.1) is 0 Å². The van der Waals surface area contributed by atoms with Crippen molar-refractivity contribution < 1.29 is 0 Å². The maximum Gasteiger partial charge on any atom is -0.0200 e. The van der Waals surface area contributed by atoms with Crippen LogP contribution >= 0.6 is 0 Å². The minimum Gasteiger partial charge on any atom is -0.0817 e. The molecule has 0 aromatic rings. The van der Waals surface area contributed by atoms with E-state index in [-0.39, 0.29) is 0 Å². The van der Waals surface area contributed by atoms with Crippen LogP contribution in [-0.2, 0) is 0 Å². The van der Waals surface area contributed by atoms with Gasteiger partial charge >= 0.3 is 0 Å². The van der Waals surface area contributed by atoms with Crippen molar-refractivity contribution in [1.29, 1.82) is 0 Å². The molecule has 0 aliphatic heterocycles. The molecule has 0 saturated heterocycles. The molecule has 0 amide bonds. The van der Waals surface area contributed by atoms with E-state index in [1.165, 1.54) is 154 Å². The van der Waals surface area contributed by atoms with Crippen molar-refractivity contribution in [2.75, 3.05) is 0 Å². The van der Waals surface area contributed by atoms with E-state index in [1.54, 1.807) is 25.7 Å². The van der Waals surface area contributed by atoms with Crippen molar-refractivity contribution >= 4 is 0 Å². The topological polar surface area (TPSA) is 0 Å². The summed E-state index contributed by atoms with van der Waals surface area (Å²) in [5.74, 6) is 8.78. The molecule has 238 valence electrons. The molecule has 6 fully saturated rings. The van der Waals surface area contributed by atoms with Gasteiger partial charge in [0, 0.05) is 0 Å². The average Bonchev–Trinajstić information content (AvgIpc) is 3.08. The lowest BCUT2D eigenvalue weighted by Crippen LogP contribution is -2.27. The zero-order valence-corrected chi connectivity index (χ0v) is 28.1. The van der Waals surface area contributed by atoms with Crippen LogP contribution in [0.3, 0.4) is 0 Å². The van der Waals surface area contributed by atoms with Gasteiger partial charge in [-0.3, -0.25) is 0 Å². The summed E-state index contributed by atoms with van der Waals surface area (Å²) in [5, 5.41) is 0. The van der Waals surface area contributed by atoms with Crippen molar-refractivity contribution in [2.24, 2.45) is 53.3 Å². The van der Waals surface area contributed by atoms with Gasteiger partial charge in [-0.2, -0.15) is 0 Å². The number of allylic oxidation sites excluding steroid dienone is 4. The highest BCUT2D eigenvalue weighted by atomic mass is 14.4. The van der Waals surface area contributed by atoms with Crippen LogP contribution < -0.4 is 0 Å². The third kappa shape index (κ3) is 8.39. The van der Waals surface area contributed by atoms with E-state index in [0.717, 1.165) is 53.3 Å². The van der Waals surface area contributed by atoms with Gasteiger partial charge in [0.25, 0.3) is 0 Å². The SMILES string of the molecule is CCC1CCC(C(=CC2CCC(C3CCC(C=C(C4CCCCC4)C4CCCCC4)CC3)CC2)C2CCCCC2)CC1. The van der Waals surface area contributed by atoms with E-state index < -0.39 is 0 Å². The van der Waals surface area contributed by atoms with E-state index in [0.29, 0.717) is 0 Å². The molecule has 0 unspecified atom stereocenters. The molecule has 42 heavy (non-hydrogen) atoms. The monoisotopic (exact) mass is 575 g/mol. The van der Waals surface area contributed by atoms with Crippen LogP contribution in [0, 0.1) is 53.3 Å². The fraction of sp³-hybridized carbons (Fsp3) is 0.905. The van der Waals surface area contributed by atoms with Gasteiger partial charge in [-0.05, 0) is 169 Å². The minimum absolute atomic E-state index is 0.912. The molecule has 0 bridgehead atoms. The van der Waals surface area contributed by atoms with E-state index in [1.807, 2.05) is 11.1 Å². The van der Waals surface area contributed by atoms with Crippen molar-refractivity contribution in [3.8, 4) is 0 Å². The fourth-order valence-corrected chi connectivity index (χ4v) is 11.5. The fourth-order valence-electron chi connectivity index (χ4n) is 11.5. The second-order valence-electron chi connectivity index (χ2n) is 16.8. The van der Waals surface area contributed by atoms with E-state index >= 15 is 0 Å². The van der Waals surface area contributed by atoms with Gasteiger partial charge in [0.05, 0.1) is 0 Å². The molecule has 0 aromatic heterocycles. The van der Waals surface area contributed by atoms with Crippen LogP contribution in [0.25, 0.3) is 0 Å². The minimum atomic E-state index is 0.912. The number of rotatable bonds is 8. The molecule has 0 heterocycles. The third-order valence-electron chi connectivity index (χ3n) is 14.3. The summed E-state index contributed by atoms with van der Waals surface area (Å²) in [7, 11) is 0. The molecule has 6 saturated carbocycles. The van der Waals surface area contributed by atoms with Crippen molar-refractivity contribution in [3.63, 3.8) is 0 Å². The molecule has 0 heteroatoms. The van der Waals surface area contributed by atoms with Crippen LogP contribution in [0.4, 0.5) is 0 Å². The molecule has 0 N–H and O–H groups in total. The molecule has 0 nitrogen and oxygen atoms in total. The lowest BCUT2D eigenvalue weighted by molar-refractivity contribution is 0.164. The largest absolute Gasteiger partial charge is 0.0817 e. The molecule has 0 radical (unpaired) electrons. The molecule has 6 aliphatic rings. The second-order valence-corrected chi connectivity index (χ2v) is 16.8. The molecule has 0 spiro atoms. The lowest BCUT2D eigenvalue weighted by atomic mass is 9.66. The first-order chi connectivity index (χ1) is 20.8. The van der Waals surface area contributed by atoms with E-state index in [9.17, 15) is 0 Å². The number of hydrogen-bond acceptors (Lipinski definition) is 0. The highest BCUT2D eigenvalue weighted by Gasteiger charge is 2.34.